The van der Waals surface area contributed by atoms with Crippen LogP contribution in [0.2, 0.25) is 0 Å². The molecule has 1 saturated heterocycles. The molecule has 1 heterocycles. The number of rotatable bonds is 0. The van der Waals surface area contributed by atoms with E-state index >= 15 is 0 Å². The van der Waals surface area contributed by atoms with Gasteiger partial charge in [0.15, 0.2) is 0 Å². The Morgan fingerprint density at radius 2 is 1.31 bits per heavy atom. The SMILES string of the molecule is CN1CCCNCCC1.[Cl-].[Cl-].[Cl-].[Ti]. The van der Waals surface area contributed by atoms with Crippen molar-refractivity contribution in [1.82, 2.24) is 10.2 Å². The van der Waals surface area contributed by atoms with Crippen LogP contribution in [0.3, 0.4) is 0 Å². The fraction of sp³-hybridized carbons (Fsp3) is 1.00. The Bertz CT molecular complexity index is 80.1. The molecule has 0 spiro atoms. The summed E-state index contributed by atoms with van der Waals surface area (Å²) >= 11 is 0. The molecule has 1 aliphatic heterocycles. The first-order chi connectivity index (χ1) is 4.39. The van der Waals surface area contributed by atoms with Crippen molar-refractivity contribution in [3.05, 3.63) is 0 Å². The summed E-state index contributed by atoms with van der Waals surface area (Å²) in [5, 5.41) is 3.38. The van der Waals surface area contributed by atoms with Crippen molar-refractivity contribution in [2.24, 2.45) is 0 Å². The molecule has 0 aliphatic carbocycles. The summed E-state index contributed by atoms with van der Waals surface area (Å²) in [7, 11) is 2.20. The first-order valence-corrected chi connectivity index (χ1v) is 3.79. The molecule has 2 nitrogen and oxygen atoms in total. The summed E-state index contributed by atoms with van der Waals surface area (Å²) in [6, 6.07) is 0. The minimum atomic E-state index is 0. The molecule has 0 aromatic rings. The quantitative estimate of drug-likeness (QED) is 0.444. The molecule has 0 amide bonds. The number of halogens is 3. The second-order valence-electron chi connectivity index (χ2n) is 2.76. The Labute approximate surface area is 115 Å². The fourth-order valence-corrected chi connectivity index (χ4v) is 1.18. The van der Waals surface area contributed by atoms with Crippen LogP contribution in [0.1, 0.15) is 12.8 Å². The van der Waals surface area contributed by atoms with E-state index < -0.39 is 0 Å². The number of nitrogens with one attached hydrogen (secondary N) is 1. The van der Waals surface area contributed by atoms with Crippen LogP contribution < -0.4 is 42.5 Å². The molecule has 0 aromatic carbocycles. The van der Waals surface area contributed by atoms with Crippen molar-refractivity contribution in [2.75, 3.05) is 33.2 Å². The standard InChI is InChI=1S/C7H16N2.3ClH.Ti/c1-9-6-2-4-8-5-3-7-9;;;;/h8H,2-7H2,1H3;3*1H;/p-3. The van der Waals surface area contributed by atoms with Gasteiger partial charge in [-0.2, -0.15) is 0 Å². The van der Waals surface area contributed by atoms with Gasteiger partial charge in [0.2, 0.25) is 0 Å². The molecule has 0 bridgehead atoms. The van der Waals surface area contributed by atoms with E-state index in [2.05, 4.69) is 17.3 Å². The third-order valence-corrected chi connectivity index (χ3v) is 1.79. The Morgan fingerprint density at radius 3 is 1.69 bits per heavy atom. The third-order valence-electron chi connectivity index (χ3n) is 1.79. The summed E-state index contributed by atoms with van der Waals surface area (Å²) < 4.78 is 0. The van der Waals surface area contributed by atoms with E-state index in [9.17, 15) is 0 Å². The Kier molecular flexibility index (Phi) is 29.4. The van der Waals surface area contributed by atoms with Gasteiger partial charge in [-0.25, -0.2) is 0 Å². The summed E-state index contributed by atoms with van der Waals surface area (Å²) in [4.78, 5) is 2.40. The predicted molar refractivity (Wildman–Crippen MR) is 39.6 cm³/mol. The Morgan fingerprint density at radius 1 is 0.923 bits per heavy atom. The second kappa shape index (κ2) is 16.0. The monoisotopic (exact) mass is 281 g/mol. The van der Waals surface area contributed by atoms with Gasteiger partial charge in [-0.1, -0.05) is 0 Å². The molecule has 1 fully saturated rings. The van der Waals surface area contributed by atoms with Gasteiger partial charge in [0.1, 0.15) is 0 Å². The summed E-state index contributed by atoms with van der Waals surface area (Å²) in [6.07, 6.45) is 2.60. The minimum absolute atomic E-state index is 0. The van der Waals surface area contributed by atoms with Gasteiger partial charge in [-0.05, 0) is 46.1 Å². The van der Waals surface area contributed by atoms with Gasteiger partial charge in [-0.3, -0.25) is 0 Å². The predicted octanol–water partition coefficient (Wildman–Crippen LogP) is -8.69. The maximum Gasteiger partial charge on any atom is 0 e. The molecule has 1 rings (SSSR count). The molecule has 13 heavy (non-hydrogen) atoms. The van der Waals surface area contributed by atoms with E-state index in [0.717, 1.165) is 0 Å². The topological polar surface area (TPSA) is 15.3 Å². The van der Waals surface area contributed by atoms with Gasteiger partial charge in [0, 0.05) is 21.7 Å². The van der Waals surface area contributed by atoms with Crippen molar-refractivity contribution in [2.45, 2.75) is 12.8 Å². The van der Waals surface area contributed by atoms with Crippen LogP contribution in [-0.4, -0.2) is 38.1 Å². The van der Waals surface area contributed by atoms with Gasteiger partial charge in [-0.15, -0.1) is 0 Å². The van der Waals surface area contributed by atoms with Gasteiger partial charge in [0.05, 0.1) is 0 Å². The number of hydrogen-bond donors (Lipinski definition) is 1. The first-order valence-electron chi connectivity index (χ1n) is 3.79. The maximum absolute atomic E-state index is 3.38. The van der Waals surface area contributed by atoms with Crippen molar-refractivity contribution in [3.8, 4) is 0 Å². The van der Waals surface area contributed by atoms with Gasteiger partial charge in [0.25, 0.3) is 0 Å². The number of hydrogen-bond acceptors (Lipinski definition) is 2. The first kappa shape index (κ1) is 24.0. The largest absolute Gasteiger partial charge is 1.00 e. The van der Waals surface area contributed by atoms with Crippen LogP contribution in [-0.2, 0) is 21.7 Å². The molecule has 0 atom stereocenters. The molecular formula is C7H16Cl3N2Ti-3. The number of nitrogens with zero attached hydrogens (tertiary/aromatic N) is 1. The molecule has 1 aliphatic rings. The maximum atomic E-state index is 3.38. The molecule has 0 radical (unpaired) electrons. The van der Waals surface area contributed by atoms with Gasteiger partial charge >= 0.3 is 0 Å². The zero-order chi connectivity index (χ0) is 6.53. The van der Waals surface area contributed by atoms with E-state index in [1.54, 1.807) is 0 Å². The van der Waals surface area contributed by atoms with E-state index in [1.165, 1.54) is 39.0 Å². The van der Waals surface area contributed by atoms with Crippen molar-refractivity contribution in [1.29, 1.82) is 0 Å². The van der Waals surface area contributed by atoms with Crippen LogP contribution >= 0.6 is 0 Å². The molecule has 1 N–H and O–H groups in total. The Balaban J connectivity index is -0.000000101. The molecular weight excluding hydrogens is 266 g/mol. The van der Waals surface area contributed by atoms with Crippen LogP contribution in [0, 0.1) is 0 Å². The summed E-state index contributed by atoms with van der Waals surface area (Å²) in [5.74, 6) is 0. The van der Waals surface area contributed by atoms with Crippen molar-refractivity contribution < 1.29 is 58.9 Å². The van der Waals surface area contributed by atoms with Crippen LogP contribution in [0.5, 0.6) is 0 Å². The zero-order valence-corrected chi connectivity index (χ0v) is 11.7. The summed E-state index contributed by atoms with van der Waals surface area (Å²) in [5.41, 5.74) is 0. The molecule has 82 valence electrons. The Hall–Kier alpha value is 1.50. The van der Waals surface area contributed by atoms with E-state index in [0.29, 0.717) is 0 Å². The fourth-order valence-electron chi connectivity index (χ4n) is 1.18. The average molecular weight is 282 g/mol. The molecule has 0 saturated carbocycles. The molecule has 6 heteroatoms. The van der Waals surface area contributed by atoms with Crippen LogP contribution in [0.15, 0.2) is 0 Å². The normalized spacial score (nSPS) is 17.3. The summed E-state index contributed by atoms with van der Waals surface area (Å²) in [6.45, 7) is 4.91. The molecule has 0 unspecified atom stereocenters. The van der Waals surface area contributed by atoms with Crippen LogP contribution in [0.25, 0.3) is 0 Å². The van der Waals surface area contributed by atoms with E-state index in [1.807, 2.05) is 0 Å². The minimum Gasteiger partial charge on any atom is -1.00 e. The second-order valence-corrected chi connectivity index (χ2v) is 2.76. The van der Waals surface area contributed by atoms with E-state index in [4.69, 9.17) is 0 Å². The van der Waals surface area contributed by atoms with Crippen molar-refractivity contribution in [3.63, 3.8) is 0 Å². The zero-order valence-electron chi connectivity index (χ0n) is 7.82. The van der Waals surface area contributed by atoms with Gasteiger partial charge < -0.3 is 47.4 Å². The smallest absolute Gasteiger partial charge is 0 e. The third kappa shape index (κ3) is 13.5. The van der Waals surface area contributed by atoms with Crippen molar-refractivity contribution >= 4 is 0 Å². The van der Waals surface area contributed by atoms with E-state index in [-0.39, 0.29) is 58.9 Å². The average Bonchev–Trinajstić information content (AvgIpc) is 1.79. The molecule has 0 aromatic heterocycles. The van der Waals surface area contributed by atoms with Crippen LogP contribution in [0.4, 0.5) is 0 Å².